The van der Waals surface area contributed by atoms with E-state index in [1.165, 1.54) is 12.1 Å². The molecule has 4 rings (SSSR count). The van der Waals surface area contributed by atoms with Gasteiger partial charge < -0.3 is 25.4 Å². The Morgan fingerprint density at radius 3 is 2.09 bits per heavy atom. The summed E-state index contributed by atoms with van der Waals surface area (Å²) in [5.74, 6) is -0.700. The first-order valence-electron chi connectivity index (χ1n) is 15.9. The van der Waals surface area contributed by atoms with Crippen LogP contribution in [0.5, 0.6) is 5.75 Å². The maximum absolute atomic E-state index is 14.7. The molecule has 0 saturated heterocycles. The fourth-order valence-electron chi connectivity index (χ4n) is 5.34. The van der Waals surface area contributed by atoms with E-state index in [2.05, 4.69) is 17.6 Å². The first-order valence-corrected chi connectivity index (χ1v) is 15.9. The number of fused-ring (bicyclic) bond motifs is 1. The van der Waals surface area contributed by atoms with E-state index in [4.69, 9.17) is 4.74 Å². The van der Waals surface area contributed by atoms with Crippen molar-refractivity contribution in [3.05, 3.63) is 108 Å². The van der Waals surface area contributed by atoms with Gasteiger partial charge in [-0.05, 0) is 92.3 Å². The van der Waals surface area contributed by atoms with E-state index in [0.717, 1.165) is 28.3 Å². The number of amides is 3. The van der Waals surface area contributed by atoms with Crippen molar-refractivity contribution in [3.8, 4) is 5.75 Å². The van der Waals surface area contributed by atoms with Gasteiger partial charge in [0.1, 0.15) is 23.4 Å². The Morgan fingerprint density at radius 2 is 1.48 bits per heavy atom. The van der Waals surface area contributed by atoms with Gasteiger partial charge in [-0.15, -0.1) is 0 Å². The van der Waals surface area contributed by atoms with Gasteiger partial charge in [-0.1, -0.05) is 80.6 Å². The second kappa shape index (κ2) is 15.0. The van der Waals surface area contributed by atoms with Crippen molar-refractivity contribution in [3.63, 3.8) is 0 Å². The molecule has 46 heavy (non-hydrogen) atoms. The van der Waals surface area contributed by atoms with Gasteiger partial charge in [-0.2, -0.15) is 0 Å². The Bertz CT molecular complexity index is 1640. The number of carbonyl (C=O) groups excluding carboxylic acids is 3. The maximum Gasteiger partial charge on any atom is 0.408 e. The number of rotatable bonds is 11. The summed E-state index contributed by atoms with van der Waals surface area (Å²) in [5.41, 5.74) is 2.32. The van der Waals surface area contributed by atoms with Crippen LogP contribution in [0.25, 0.3) is 10.8 Å². The number of hydrogen-bond donors (Lipinski definition) is 3. The van der Waals surface area contributed by atoms with Crippen LogP contribution in [0.1, 0.15) is 70.7 Å². The number of anilines is 1. The second-order valence-corrected chi connectivity index (χ2v) is 12.6. The molecule has 0 saturated carbocycles. The van der Waals surface area contributed by atoms with Crippen molar-refractivity contribution < 1.29 is 24.2 Å². The highest BCUT2D eigenvalue weighted by Crippen LogP contribution is 2.29. The molecule has 0 aliphatic heterocycles. The van der Waals surface area contributed by atoms with Crippen molar-refractivity contribution in [1.29, 1.82) is 0 Å². The molecule has 0 heterocycles. The SMILES string of the molecule is CCc1ccc(C(C(=O)Nc2ccc3ccccc3c2)N(C(=O)C(Cc2ccc(O)cc2)NC(=O)OC(C)(C)C)C(C)CC)cc1. The lowest BCUT2D eigenvalue weighted by molar-refractivity contribution is -0.143. The van der Waals surface area contributed by atoms with Gasteiger partial charge in [0, 0.05) is 18.2 Å². The summed E-state index contributed by atoms with van der Waals surface area (Å²) in [6, 6.07) is 25.4. The van der Waals surface area contributed by atoms with E-state index >= 15 is 0 Å². The van der Waals surface area contributed by atoms with Crippen molar-refractivity contribution in [2.45, 2.75) is 84.5 Å². The Labute approximate surface area is 271 Å². The van der Waals surface area contributed by atoms with Crippen LogP contribution in [0.15, 0.2) is 91.0 Å². The van der Waals surface area contributed by atoms with Gasteiger partial charge in [-0.25, -0.2) is 4.79 Å². The monoisotopic (exact) mass is 623 g/mol. The minimum atomic E-state index is -1.06. The lowest BCUT2D eigenvalue weighted by Crippen LogP contribution is -2.55. The molecule has 0 aliphatic rings. The number of benzene rings is 4. The lowest BCUT2D eigenvalue weighted by Gasteiger charge is -2.38. The largest absolute Gasteiger partial charge is 0.508 e. The number of aromatic hydroxyl groups is 1. The summed E-state index contributed by atoms with van der Waals surface area (Å²) in [7, 11) is 0. The number of phenols is 1. The third kappa shape index (κ3) is 8.87. The maximum atomic E-state index is 14.7. The topological polar surface area (TPSA) is 108 Å². The van der Waals surface area contributed by atoms with Crippen molar-refractivity contribution >= 4 is 34.4 Å². The Balaban J connectivity index is 1.77. The normalized spacial score (nSPS) is 13.3. The highest BCUT2D eigenvalue weighted by molar-refractivity contribution is 6.00. The molecular formula is C38H45N3O5. The highest BCUT2D eigenvalue weighted by Gasteiger charge is 2.38. The van der Waals surface area contributed by atoms with Crippen LogP contribution >= 0.6 is 0 Å². The molecule has 0 aliphatic carbocycles. The van der Waals surface area contributed by atoms with E-state index in [0.29, 0.717) is 17.7 Å². The van der Waals surface area contributed by atoms with Crippen LogP contribution in [0, 0.1) is 0 Å². The summed E-state index contributed by atoms with van der Waals surface area (Å²) in [5, 5.41) is 17.7. The zero-order valence-corrected chi connectivity index (χ0v) is 27.5. The van der Waals surface area contributed by atoms with Crippen LogP contribution < -0.4 is 10.6 Å². The number of hydrogen-bond acceptors (Lipinski definition) is 5. The summed E-state index contributed by atoms with van der Waals surface area (Å²) >= 11 is 0. The van der Waals surface area contributed by atoms with Crippen LogP contribution in [0.4, 0.5) is 10.5 Å². The summed E-state index contributed by atoms with van der Waals surface area (Å²) in [4.78, 5) is 43.7. The average molecular weight is 624 g/mol. The van der Waals surface area contributed by atoms with E-state index in [1.54, 1.807) is 37.8 Å². The van der Waals surface area contributed by atoms with Crippen molar-refractivity contribution in [2.24, 2.45) is 0 Å². The number of nitrogens with one attached hydrogen (secondary N) is 2. The van der Waals surface area contributed by atoms with Crippen LogP contribution in [0.2, 0.25) is 0 Å². The fourth-order valence-corrected chi connectivity index (χ4v) is 5.34. The predicted octanol–water partition coefficient (Wildman–Crippen LogP) is 7.55. The predicted molar refractivity (Wildman–Crippen MR) is 183 cm³/mol. The number of aryl methyl sites for hydroxylation is 1. The van der Waals surface area contributed by atoms with Gasteiger partial charge in [-0.3, -0.25) is 9.59 Å². The van der Waals surface area contributed by atoms with E-state index < -0.39 is 29.7 Å². The molecule has 0 radical (unpaired) electrons. The number of nitrogens with zero attached hydrogens (tertiary/aromatic N) is 1. The second-order valence-electron chi connectivity index (χ2n) is 12.6. The highest BCUT2D eigenvalue weighted by atomic mass is 16.6. The zero-order chi connectivity index (χ0) is 33.4. The molecule has 3 atom stereocenters. The lowest BCUT2D eigenvalue weighted by atomic mass is 9.96. The number of carbonyl (C=O) groups is 3. The Kier molecular flexibility index (Phi) is 11.1. The van der Waals surface area contributed by atoms with Gasteiger partial charge >= 0.3 is 6.09 Å². The Hall–Kier alpha value is -4.85. The molecule has 3 amide bonds. The summed E-state index contributed by atoms with van der Waals surface area (Å²) < 4.78 is 5.53. The van der Waals surface area contributed by atoms with Gasteiger partial charge in [0.15, 0.2) is 0 Å². The third-order valence-corrected chi connectivity index (χ3v) is 7.93. The van der Waals surface area contributed by atoms with Crippen LogP contribution in [-0.4, -0.2) is 45.6 Å². The standard InChI is InChI=1S/C38H45N3O5/c1-7-25(3)41(36(44)33(40-37(45)46-38(4,5)6)23-27-15-21-32(42)22-16-27)34(29-17-13-26(8-2)14-18-29)35(43)39-31-20-19-28-11-9-10-12-30(28)24-31/h9-22,24-25,33-34,42H,7-8,23H2,1-6H3,(H,39,43)(H,40,45). The molecule has 8 nitrogen and oxygen atoms in total. The molecule has 3 unspecified atom stereocenters. The molecule has 0 fully saturated rings. The van der Waals surface area contributed by atoms with Crippen LogP contribution in [-0.2, 0) is 27.2 Å². The third-order valence-electron chi connectivity index (χ3n) is 7.93. The van der Waals surface area contributed by atoms with E-state index in [9.17, 15) is 19.5 Å². The number of alkyl carbamates (subject to hydrolysis) is 1. The van der Waals surface area contributed by atoms with Crippen LogP contribution in [0.3, 0.4) is 0 Å². The smallest absolute Gasteiger partial charge is 0.408 e. The molecule has 0 spiro atoms. The number of phenolic OH excluding ortho intramolecular Hbond substituents is 1. The van der Waals surface area contributed by atoms with Crippen molar-refractivity contribution in [2.75, 3.05) is 5.32 Å². The summed E-state index contributed by atoms with van der Waals surface area (Å²) in [6.45, 7) is 11.2. The molecule has 0 bridgehead atoms. The fraction of sp³-hybridized carbons (Fsp3) is 0.342. The zero-order valence-electron chi connectivity index (χ0n) is 27.5. The molecule has 0 aromatic heterocycles. The average Bonchev–Trinajstić information content (AvgIpc) is 3.02. The minimum absolute atomic E-state index is 0.0916. The Morgan fingerprint density at radius 1 is 0.848 bits per heavy atom. The van der Waals surface area contributed by atoms with E-state index in [1.807, 2.05) is 80.6 Å². The summed E-state index contributed by atoms with van der Waals surface area (Å²) in [6.07, 6.45) is 0.783. The first kappa shape index (κ1) is 34.0. The molecule has 4 aromatic carbocycles. The van der Waals surface area contributed by atoms with Crippen molar-refractivity contribution in [1.82, 2.24) is 10.2 Å². The van der Waals surface area contributed by atoms with Gasteiger partial charge in [0.25, 0.3) is 5.91 Å². The molecule has 4 aromatic rings. The van der Waals surface area contributed by atoms with E-state index in [-0.39, 0.29) is 24.1 Å². The molecule has 8 heteroatoms. The molecule has 242 valence electrons. The first-order chi connectivity index (χ1) is 21.9. The quantitative estimate of drug-likeness (QED) is 0.160. The minimum Gasteiger partial charge on any atom is -0.508 e. The van der Waals surface area contributed by atoms with Gasteiger partial charge in [0.2, 0.25) is 5.91 Å². The number of ether oxygens (including phenoxy) is 1. The molecular weight excluding hydrogens is 578 g/mol. The molecule has 3 N–H and O–H groups in total. The van der Waals surface area contributed by atoms with Gasteiger partial charge in [0.05, 0.1) is 0 Å².